The monoisotopic (exact) mass is 300 g/mol. The zero-order valence-electron chi connectivity index (χ0n) is 12.2. The molecule has 3 rings (SSSR count). The van der Waals surface area contributed by atoms with E-state index >= 15 is 0 Å². The molecule has 1 saturated heterocycles. The number of benzene rings is 1. The van der Waals surface area contributed by atoms with Gasteiger partial charge in [0, 0.05) is 30.8 Å². The average Bonchev–Trinajstić information content (AvgIpc) is 3.15. The number of carbonyl (C=O) groups excluding carboxylic acids is 1. The lowest BCUT2D eigenvalue weighted by atomic mass is 10.1. The fourth-order valence-corrected chi connectivity index (χ4v) is 2.63. The predicted octanol–water partition coefficient (Wildman–Crippen LogP) is 3.34. The van der Waals surface area contributed by atoms with Crippen LogP contribution < -0.4 is 0 Å². The second-order valence-electron chi connectivity index (χ2n) is 5.61. The molecule has 1 aromatic heterocycles. The summed E-state index contributed by atoms with van der Waals surface area (Å²) in [7, 11) is 0. The van der Waals surface area contributed by atoms with Crippen molar-refractivity contribution < 1.29 is 14.1 Å². The number of hydrogen-bond acceptors (Lipinski definition) is 4. The van der Waals surface area contributed by atoms with Crippen LogP contribution in [0, 0.1) is 16.0 Å². The maximum absolute atomic E-state index is 12.3. The van der Waals surface area contributed by atoms with Crippen molar-refractivity contribution >= 4 is 11.6 Å². The number of likely N-dealkylation sites (tertiary alicyclic amines) is 1. The van der Waals surface area contributed by atoms with Crippen molar-refractivity contribution in [1.82, 2.24) is 4.90 Å². The minimum atomic E-state index is -0.449. The molecule has 6 nitrogen and oxygen atoms in total. The molecule has 2 aromatic rings. The maximum atomic E-state index is 12.3. The number of carbonyl (C=O) groups is 1. The summed E-state index contributed by atoms with van der Waals surface area (Å²) >= 11 is 0. The fraction of sp³-hybridized carbons (Fsp3) is 0.312. The molecular formula is C16H16N2O4. The lowest BCUT2D eigenvalue weighted by Gasteiger charge is -2.13. The van der Waals surface area contributed by atoms with Crippen molar-refractivity contribution in [3.05, 3.63) is 52.3 Å². The van der Waals surface area contributed by atoms with Gasteiger partial charge in [0.15, 0.2) is 5.76 Å². The summed E-state index contributed by atoms with van der Waals surface area (Å²) in [5, 5.41) is 10.6. The number of nitro groups is 1. The molecular weight excluding hydrogens is 284 g/mol. The number of nitro benzene ring substituents is 1. The van der Waals surface area contributed by atoms with E-state index in [1.165, 1.54) is 12.1 Å². The number of amides is 1. The second-order valence-corrected chi connectivity index (χ2v) is 5.61. The van der Waals surface area contributed by atoms with Crippen molar-refractivity contribution in [1.29, 1.82) is 0 Å². The molecule has 1 atom stereocenters. The first kappa shape index (κ1) is 14.3. The molecule has 0 bridgehead atoms. The SMILES string of the molecule is CC1CCN(C(=O)c2ccc(-c3ccc([N+](=O)[O-])cc3)o2)C1. The molecule has 2 heterocycles. The number of furan rings is 1. The third-order valence-corrected chi connectivity index (χ3v) is 3.89. The van der Waals surface area contributed by atoms with Crippen molar-refractivity contribution in [2.45, 2.75) is 13.3 Å². The first-order valence-corrected chi connectivity index (χ1v) is 7.18. The van der Waals surface area contributed by atoms with Gasteiger partial charge in [-0.2, -0.15) is 0 Å². The molecule has 0 spiro atoms. The Morgan fingerprint density at radius 3 is 2.59 bits per heavy atom. The smallest absolute Gasteiger partial charge is 0.289 e. The summed E-state index contributed by atoms with van der Waals surface area (Å²) < 4.78 is 5.62. The lowest BCUT2D eigenvalue weighted by molar-refractivity contribution is -0.384. The van der Waals surface area contributed by atoms with Crippen LogP contribution in [-0.4, -0.2) is 28.8 Å². The third-order valence-electron chi connectivity index (χ3n) is 3.89. The Labute approximate surface area is 127 Å². The maximum Gasteiger partial charge on any atom is 0.289 e. The van der Waals surface area contributed by atoms with Gasteiger partial charge in [0.2, 0.25) is 0 Å². The zero-order chi connectivity index (χ0) is 15.7. The van der Waals surface area contributed by atoms with E-state index in [2.05, 4.69) is 6.92 Å². The van der Waals surface area contributed by atoms with E-state index < -0.39 is 4.92 Å². The molecule has 6 heteroatoms. The summed E-state index contributed by atoms with van der Waals surface area (Å²) in [6.07, 6.45) is 1.02. The summed E-state index contributed by atoms with van der Waals surface area (Å²) in [5.74, 6) is 1.26. The third kappa shape index (κ3) is 2.72. The molecule has 1 aromatic carbocycles. The van der Waals surface area contributed by atoms with Crippen molar-refractivity contribution in [3.63, 3.8) is 0 Å². The van der Waals surface area contributed by atoms with Crippen molar-refractivity contribution in [2.75, 3.05) is 13.1 Å². The van der Waals surface area contributed by atoms with Crippen molar-refractivity contribution in [2.24, 2.45) is 5.92 Å². The van der Waals surface area contributed by atoms with E-state index in [1.807, 2.05) is 0 Å². The summed E-state index contributed by atoms with van der Waals surface area (Å²) in [4.78, 5) is 24.3. The number of nitrogens with zero attached hydrogens (tertiary/aromatic N) is 2. The molecule has 0 radical (unpaired) electrons. The van der Waals surface area contributed by atoms with Crippen LogP contribution in [0.2, 0.25) is 0 Å². The molecule has 0 saturated carbocycles. The van der Waals surface area contributed by atoms with E-state index in [0.29, 0.717) is 23.0 Å². The normalized spacial score (nSPS) is 17.7. The Bertz CT molecular complexity index is 705. The summed E-state index contributed by atoms with van der Waals surface area (Å²) in [6, 6.07) is 9.44. The van der Waals surface area contributed by atoms with Crippen LogP contribution in [0.5, 0.6) is 0 Å². The number of hydrogen-bond donors (Lipinski definition) is 0. The highest BCUT2D eigenvalue weighted by molar-refractivity contribution is 5.92. The Morgan fingerprint density at radius 2 is 2.00 bits per heavy atom. The van der Waals surface area contributed by atoms with Crippen LogP contribution in [0.4, 0.5) is 5.69 Å². The summed E-state index contributed by atoms with van der Waals surface area (Å²) in [6.45, 7) is 3.64. The standard InChI is InChI=1S/C16H16N2O4/c1-11-8-9-17(10-11)16(19)15-7-6-14(22-15)12-2-4-13(5-3-12)18(20)21/h2-7,11H,8-10H2,1H3. The molecule has 1 amide bonds. The van der Waals surface area contributed by atoms with E-state index in [1.54, 1.807) is 29.2 Å². The van der Waals surface area contributed by atoms with Crippen LogP contribution >= 0.6 is 0 Å². The lowest BCUT2D eigenvalue weighted by Crippen LogP contribution is -2.27. The van der Waals surface area contributed by atoms with Gasteiger partial charge in [-0.25, -0.2) is 0 Å². The predicted molar refractivity (Wildman–Crippen MR) is 80.5 cm³/mol. The average molecular weight is 300 g/mol. The summed E-state index contributed by atoms with van der Waals surface area (Å²) in [5.41, 5.74) is 0.733. The quantitative estimate of drug-likeness (QED) is 0.643. The molecule has 1 aliphatic heterocycles. The minimum absolute atomic E-state index is 0.0256. The van der Waals surface area contributed by atoms with E-state index in [4.69, 9.17) is 4.42 Å². The van der Waals surface area contributed by atoms with Crippen molar-refractivity contribution in [3.8, 4) is 11.3 Å². The molecule has 114 valence electrons. The van der Waals surface area contributed by atoms with Gasteiger partial charge in [-0.1, -0.05) is 6.92 Å². The molecule has 1 unspecified atom stereocenters. The van der Waals surface area contributed by atoms with E-state index in [-0.39, 0.29) is 11.6 Å². The van der Waals surface area contributed by atoms with E-state index in [0.717, 1.165) is 19.5 Å². The topological polar surface area (TPSA) is 76.6 Å². The van der Waals surface area contributed by atoms with Gasteiger partial charge >= 0.3 is 0 Å². The van der Waals surface area contributed by atoms with Gasteiger partial charge in [-0.3, -0.25) is 14.9 Å². The molecule has 1 fully saturated rings. The Kier molecular flexibility index (Phi) is 3.66. The zero-order valence-corrected chi connectivity index (χ0v) is 12.2. The van der Waals surface area contributed by atoms with Crippen LogP contribution in [0.25, 0.3) is 11.3 Å². The first-order chi connectivity index (χ1) is 10.5. The van der Waals surface area contributed by atoms with Gasteiger partial charge in [-0.05, 0) is 36.6 Å². The molecule has 0 aliphatic carbocycles. The van der Waals surface area contributed by atoms with Gasteiger partial charge in [0.25, 0.3) is 11.6 Å². The second kappa shape index (κ2) is 5.63. The fourth-order valence-electron chi connectivity index (χ4n) is 2.63. The largest absolute Gasteiger partial charge is 0.451 e. The Morgan fingerprint density at radius 1 is 1.27 bits per heavy atom. The minimum Gasteiger partial charge on any atom is -0.451 e. The Balaban J connectivity index is 1.78. The van der Waals surface area contributed by atoms with Crippen LogP contribution in [0.15, 0.2) is 40.8 Å². The van der Waals surface area contributed by atoms with Crippen LogP contribution in [0.3, 0.4) is 0 Å². The molecule has 0 N–H and O–H groups in total. The van der Waals surface area contributed by atoms with Gasteiger partial charge in [0.1, 0.15) is 5.76 Å². The van der Waals surface area contributed by atoms with Crippen LogP contribution in [-0.2, 0) is 0 Å². The van der Waals surface area contributed by atoms with Gasteiger partial charge < -0.3 is 9.32 Å². The molecule has 1 aliphatic rings. The number of non-ortho nitro benzene ring substituents is 1. The highest BCUT2D eigenvalue weighted by Crippen LogP contribution is 2.26. The van der Waals surface area contributed by atoms with E-state index in [9.17, 15) is 14.9 Å². The molecule has 22 heavy (non-hydrogen) atoms. The highest BCUT2D eigenvalue weighted by Gasteiger charge is 2.26. The van der Waals surface area contributed by atoms with Gasteiger partial charge in [-0.15, -0.1) is 0 Å². The number of rotatable bonds is 3. The first-order valence-electron chi connectivity index (χ1n) is 7.18. The highest BCUT2D eigenvalue weighted by atomic mass is 16.6. The Hall–Kier alpha value is -2.63. The van der Waals surface area contributed by atoms with Gasteiger partial charge in [0.05, 0.1) is 4.92 Å². The van der Waals surface area contributed by atoms with Crippen LogP contribution in [0.1, 0.15) is 23.9 Å².